The molecule has 74 valence electrons. The molecular weight excluding hydrogens is 186 g/mol. The average Bonchev–Trinajstić information content (AvgIpc) is 2.33. The number of nitrogens with one attached hydrogen (secondary N) is 1. The number of hydrogen-bond donors (Lipinski definition) is 1. The van der Waals surface area contributed by atoms with Gasteiger partial charge in [0.25, 0.3) is 0 Å². The Hall–Kier alpha value is -0.640. The molecule has 13 heavy (non-hydrogen) atoms. The molecule has 0 aromatic heterocycles. The SMILES string of the molecule is CC(CS(C)=O)NC1=CC(=O)CC1. The number of ketones is 1. The Morgan fingerprint density at radius 3 is 2.77 bits per heavy atom. The van der Waals surface area contributed by atoms with Gasteiger partial charge in [0, 0.05) is 47.0 Å². The van der Waals surface area contributed by atoms with Crippen LogP contribution in [0.2, 0.25) is 0 Å². The Kier molecular flexibility index (Phi) is 3.66. The lowest BCUT2D eigenvalue weighted by molar-refractivity contribution is -0.114. The number of carbonyl (C=O) groups excluding carboxylic acids is 1. The predicted octanol–water partition coefficient (Wildman–Crippen LogP) is 0.590. The van der Waals surface area contributed by atoms with E-state index in [0.29, 0.717) is 12.2 Å². The Balaban J connectivity index is 2.36. The van der Waals surface area contributed by atoms with Crippen molar-refractivity contribution in [1.29, 1.82) is 0 Å². The third kappa shape index (κ3) is 3.72. The zero-order chi connectivity index (χ0) is 9.84. The van der Waals surface area contributed by atoms with Gasteiger partial charge in [-0.3, -0.25) is 9.00 Å². The molecule has 0 radical (unpaired) electrons. The molecule has 1 aliphatic rings. The number of rotatable bonds is 4. The summed E-state index contributed by atoms with van der Waals surface area (Å²) in [6.07, 6.45) is 4.76. The number of carbonyl (C=O) groups is 1. The maximum atomic E-state index is 10.9. The van der Waals surface area contributed by atoms with E-state index in [2.05, 4.69) is 5.32 Å². The van der Waals surface area contributed by atoms with E-state index in [9.17, 15) is 9.00 Å². The minimum atomic E-state index is -0.779. The van der Waals surface area contributed by atoms with Crippen LogP contribution in [0.25, 0.3) is 0 Å². The predicted molar refractivity (Wildman–Crippen MR) is 53.9 cm³/mol. The van der Waals surface area contributed by atoms with E-state index < -0.39 is 10.8 Å². The van der Waals surface area contributed by atoms with Crippen LogP contribution in [0.15, 0.2) is 11.8 Å². The van der Waals surface area contributed by atoms with Crippen molar-refractivity contribution in [3.8, 4) is 0 Å². The standard InChI is InChI=1S/C9H15NO2S/c1-7(6-13(2)12)10-8-3-4-9(11)5-8/h5,7,10H,3-4,6H2,1-2H3. The summed E-state index contributed by atoms with van der Waals surface area (Å²) in [7, 11) is -0.779. The highest BCUT2D eigenvalue weighted by Gasteiger charge is 2.13. The molecule has 0 heterocycles. The highest BCUT2D eigenvalue weighted by molar-refractivity contribution is 7.84. The molecule has 0 bridgehead atoms. The molecule has 0 aromatic carbocycles. The molecule has 2 unspecified atom stereocenters. The molecule has 0 fully saturated rings. The molecule has 0 spiro atoms. The maximum absolute atomic E-state index is 10.9. The van der Waals surface area contributed by atoms with Crippen molar-refractivity contribution in [3.05, 3.63) is 11.8 Å². The van der Waals surface area contributed by atoms with Gasteiger partial charge in [0.05, 0.1) is 0 Å². The first-order valence-electron chi connectivity index (χ1n) is 4.38. The van der Waals surface area contributed by atoms with E-state index in [1.165, 1.54) is 0 Å². The Morgan fingerprint density at radius 2 is 2.31 bits per heavy atom. The van der Waals surface area contributed by atoms with Crippen molar-refractivity contribution < 1.29 is 9.00 Å². The summed E-state index contributed by atoms with van der Waals surface area (Å²) in [6, 6.07) is 0.183. The summed E-state index contributed by atoms with van der Waals surface area (Å²) in [5.41, 5.74) is 0.989. The lowest BCUT2D eigenvalue weighted by atomic mass is 10.3. The van der Waals surface area contributed by atoms with Crippen LogP contribution in [0.4, 0.5) is 0 Å². The molecule has 0 saturated carbocycles. The van der Waals surface area contributed by atoms with Gasteiger partial charge in [0.2, 0.25) is 0 Å². The lowest BCUT2D eigenvalue weighted by Gasteiger charge is -2.13. The van der Waals surface area contributed by atoms with Gasteiger partial charge >= 0.3 is 0 Å². The molecule has 3 nitrogen and oxygen atoms in total. The van der Waals surface area contributed by atoms with Crippen LogP contribution >= 0.6 is 0 Å². The quantitative estimate of drug-likeness (QED) is 0.724. The highest BCUT2D eigenvalue weighted by atomic mass is 32.2. The molecule has 0 aliphatic heterocycles. The molecule has 0 amide bonds. The molecule has 4 heteroatoms. The van der Waals surface area contributed by atoms with Crippen LogP contribution in [-0.2, 0) is 15.6 Å². The molecule has 1 aliphatic carbocycles. The first-order chi connectivity index (χ1) is 6.08. The average molecular weight is 201 g/mol. The van der Waals surface area contributed by atoms with E-state index in [0.717, 1.165) is 12.1 Å². The fourth-order valence-electron chi connectivity index (χ4n) is 1.42. The van der Waals surface area contributed by atoms with E-state index in [-0.39, 0.29) is 11.8 Å². The van der Waals surface area contributed by atoms with Crippen LogP contribution in [0, 0.1) is 0 Å². The molecule has 0 saturated heterocycles. The fourth-order valence-corrected chi connectivity index (χ4v) is 2.21. The van der Waals surface area contributed by atoms with E-state index in [4.69, 9.17) is 0 Å². The number of hydrogen-bond acceptors (Lipinski definition) is 3. The second kappa shape index (κ2) is 4.56. The van der Waals surface area contributed by atoms with Gasteiger partial charge in [-0.2, -0.15) is 0 Å². The summed E-state index contributed by atoms with van der Waals surface area (Å²) in [6.45, 7) is 1.98. The molecular formula is C9H15NO2S. The summed E-state index contributed by atoms with van der Waals surface area (Å²) in [5, 5.41) is 3.19. The lowest BCUT2D eigenvalue weighted by Crippen LogP contribution is -2.29. The second-order valence-corrected chi connectivity index (χ2v) is 4.90. The van der Waals surface area contributed by atoms with Gasteiger partial charge in [0.1, 0.15) is 0 Å². The maximum Gasteiger partial charge on any atom is 0.157 e. The van der Waals surface area contributed by atoms with Gasteiger partial charge in [0.15, 0.2) is 5.78 Å². The zero-order valence-corrected chi connectivity index (χ0v) is 8.82. The van der Waals surface area contributed by atoms with Crippen LogP contribution in [0.5, 0.6) is 0 Å². The van der Waals surface area contributed by atoms with Crippen molar-refractivity contribution >= 4 is 16.6 Å². The summed E-state index contributed by atoms with van der Waals surface area (Å²) >= 11 is 0. The minimum Gasteiger partial charge on any atom is -0.385 e. The molecule has 2 atom stereocenters. The van der Waals surface area contributed by atoms with Gasteiger partial charge in [-0.15, -0.1) is 0 Å². The van der Waals surface area contributed by atoms with Gasteiger partial charge in [-0.1, -0.05) is 0 Å². The van der Waals surface area contributed by atoms with Gasteiger partial charge in [-0.05, 0) is 13.3 Å². The largest absolute Gasteiger partial charge is 0.385 e. The Morgan fingerprint density at radius 1 is 1.62 bits per heavy atom. The highest BCUT2D eigenvalue weighted by Crippen LogP contribution is 2.12. The normalized spacial score (nSPS) is 21.1. The summed E-state index contributed by atoms with van der Waals surface area (Å²) < 4.78 is 10.9. The van der Waals surface area contributed by atoms with Crippen molar-refractivity contribution in [3.63, 3.8) is 0 Å². The monoisotopic (exact) mass is 201 g/mol. The van der Waals surface area contributed by atoms with Crippen LogP contribution in [0.1, 0.15) is 19.8 Å². The first-order valence-corrected chi connectivity index (χ1v) is 6.10. The number of allylic oxidation sites excluding steroid dienone is 2. The van der Waals surface area contributed by atoms with Gasteiger partial charge < -0.3 is 5.32 Å². The molecule has 1 N–H and O–H groups in total. The third-order valence-corrected chi connectivity index (χ3v) is 2.86. The minimum absolute atomic E-state index is 0.183. The fraction of sp³-hybridized carbons (Fsp3) is 0.667. The Labute approximate surface area is 81.0 Å². The van der Waals surface area contributed by atoms with Crippen LogP contribution in [-0.4, -0.2) is 28.0 Å². The zero-order valence-electron chi connectivity index (χ0n) is 8.00. The van der Waals surface area contributed by atoms with E-state index >= 15 is 0 Å². The smallest absolute Gasteiger partial charge is 0.157 e. The second-order valence-electron chi connectivity index (χ2n) is 3.42. The van der Waals surface area contributed by atoms with Crippen molar-refractivity contribution in [2.24, 2.45) is 0 Å². The van der Waals surface area contributed by atoms with Crippen molar-refractivity contribution in [2.45, 2.75) is 25.8 Å². The van der Waals surface area contributed by atoms with E-state index in [1.807, 2.05) is 6.92 Å². The third-order valence-electron chi connectivity index (χ3n) is 1.89. The van der Waals surface area contributed by atoms with Crippen LogP contribution < -0.4 is 5.32 Å². The van der Waals surface area contributed by atoms with Gasteiger partial charge in [-0.25, -0.2) is 0 Å². The summed E-state index contributed by atoms with van der Waals surface area (Å²) in [5.74, 6) is 0.818. The summed E-state index contributed by atoms with van der Waals surface area (Å²) in [4.78, 5) is 10.9. The Bertz CT molecular complexity index is 260. The topological polar surface area (TPSA) is 46.2 Å². The van der Waals surface area contributed by atoms with Crippen molar-refractivity contribution in [1.82, 2.24) is 5.32 Å². The van der Waals surface area contributed by atoms with Crippen molar-refractivity contribution in [2.75, 3.05) is 12.0 Å². The first kappa shape index (κ1) is 10.4. The molecule has 0 aromatic rings. The van der Waals surface area contributed by atoms with Crippen LogP contribution in [0.3, 0.4) is 0 Å². The van der Waals surface area contributed by atoms with E-state index in [1.54, 1.807) is 12.3 Å². The molecule has 1 rings (SSSR count).